The van der Waals surface area contributed by atoms with Crippen LogP contribution < -0.4 is 31.1 Å². The lowest BCUT2D eigenvalue weighted by atomic mass is 9.33. The van der Waals surface area contributed by atoms with Gasteiger partial charge in [-0.2, -0.15) is 0 Å². The van der Waals surface area contributed by atoms with Gasteiger partial charge in [-0.05, 0) is 190 Å². The van der Waals surface area contributed by atoms with E-state index in [0.717, 1.165) is 63.0 Å². The van der Waals surface area contributed by atoms with Gasteiger partial charge in [0.05, 0.1) is 17.1 Å². The normalized spacial score (nSPS) is 14.9. The fourth-order valence-corrected chi connectivity index (χ4v) is 14.2. The predicted octanol–water partition coefficient (Wildman–Crippen LogP) is 19.4. The molecular formula is C76H70BN3O. The van der Waals surface area contributed by atoms with Gasteiger partial charge in [0.15, 0.2) is 0 Å². The Hall–Kier alpha value is -8.54. The SMILES string of the molecule is Cc1cccc(C)c1N1c2cc(N(c3ccccc3)c3ccccc3-c3ccccc3)ccc2B2c3cc4c(cc3N(c3c(C)cc(-c5cccc6c5oc5ccccc56)cc3C)c3cc(C(C)(C)C)cc1c32)C(C)(C)CCC4(C)C. The molecule has 0 N–H and O–H groups in total. The lowest BCUT2D eigenvalue weighted by Crippen LogP contribution is -2.62. The highest BCUT2D eigenvalue weighted by Crippen LogP contribution is 2.54. The van der Waals surface area contributed by atoms with E-state index in [1.807, 2.05) is 0 Å². The minimum absolute atomic E-state index is 0.0109. The molecule has 14 rings (SSSR count). The molecule has 0 fully saturated rings. The van der Waals surface area contributed by atoms with E-state index in [1.54, 1.807) is 0 Å². The Kier molecular flexibility index (Phi) is 11.6. The van der Waals surface area contributed by atoms with Crippen molar-refractivity contribution >= 4 is 96.2 Å². The van der Waals surface area contributed by atoms with Crippen LogP contribution in [0.3, 0.4) is 0 Å². The van der Waals surface area contributed by atoms with Crippen molar-refractivity contribution in [3.8, 4) is 22.3 Å². The van der Waals surface area contributed by atoms with Crippen LogP contribution in [-0.2, 0) is 16.2 Å². The van der Waals surface area contributed by atoms with Crippen molar-refractivity contribution in [1.29, 1.82) is 0 Å². The molecule has 0 saturated carbocycles. The topological polar surface area (TPSA) is 22.9 Å². The third-order valence-corrected chi connectivity index (χ3v) is 18.5. The number of rotatable bonds is 7. The van der Waals surface area contributed by atoms with Gasteiger partial charge in [0.2, 0.25) is 0 Å². The van der Waals surface area contributed by atoms with Crippen LogP contribution in [-0.4, -0.2) is 6.71 Å². The molecule has 0 saturated heterocycles. The third-order valence-electron chi connectivity index (χ3n) is 18.5. The van der Waals surface area contributed by atoms with Crippen molar-refractivity contribution < 1.29 is 4.42 Å². The van der Waals surface area contributed by atoms with E-state index in [0.29, 0.717) is 0 Å². The van der Waals surface area contributed by atoms with Crippen LogP contribution in [0.15, 0.2) is 205 Å². The summed E-state index contributed by atoms with van der Waals surface area (Å²) in [7, 11) is 0. The van der Waals surface area contributed by atoms with Gasteiger partial charge in [0, 0.05) is 56.0 Å². The van der Waals surface area contributed by atoms with E-state index >= 15 is 0 Å². The number of fused-ring (bicyclic) bond motifs is 8. The summed E-state index contributed by atoms with van der Waals surface area (Å²) in [4.78, 5) is 7.83. The van der Waals surface area contributed by atoms with Gasteiger partial charge >= 0.3 is 0 Å². The minimum Gasteiger partial charge on any atom is -0.455 e. The highest BCUT2D eigenvalue weighted by Gasteiger charge is 2.48. The van der Waals surface area contributed by atoms with E-state index in [-0.39, 0.29) is 23.0 Å². The molecule has 398 valence electrons. The maximum Gasteiger partial charge on any atom is 0.252 e. The molecule has 2 aliphatic heterocycles. The summed E-state index contributed by atoms with van der Waals surface area (Å²) in [6.45, 7) is 26.2. The zero-order valence-electron chi connectivity index (χ0n) is 48.8. The molecule has 0 unspecified atom stereocenters. The van der Waals surface area contributed by atoms with Crippen LogP contribution in [0.25, 0.3) is 44.2 Å². The number of furan rings is 1. The molecule has 3 aliphatic rings. The Morgan fingerprint density at radius 1 is 0.457 bits per heavy atom. The summed E-state index contributed by atoms with van der Waals surface area (Å²) in [5.41, 5.74) is 30.2. The Morgan fingerprint density at radius 2 is 1.01 bits per heavy atom. The molecule has 0 bridgehead atoms. The first-order valence-corrected chi connectivity index (χ1v) is 29.2. The summed E-state index contributed by atoms with van der Waals surface area (Å²) in [5.74, 6) is 0. The average molecular weight is 1050 g/mol. The molecule has 11 aromatic rings. The Balaban J connectivity index is 1.07. The lowest BCUT2D eigenvalue weighted by Gasteiger charge is -2.48. The molecule has 1 aromatic heterocycles. The van der Waals surface area contributed by atoms with Crippen LogP contribution >= 0.6 is 0 Å². The predicted molar refractivity (Wildman–Crippen MR) is 346 cm³/mol. The standard InChI is InChI=1S/C76H70BN3O/c1-47-24-22-25-48(2)71(47)79-65-44-55(78(54-28-16-13-17-29-54)64-34-20-18-30-56(64)51-26-14-12-15-27-51)36-37-62(65)77-63-45-60-61(76(10,11)39-38-75(60,8)9)46-66(63)80(68-43-53(74(5,6)7)42-67(79)70(68)77)72-49(3)40-52(41-50(72)4)57-32-23-33-59-58-31-19-21-35-69(58)81-73(57)59/h12-37,40-46H,38-39H2,1-11H3. The van der Waals surface area contributed by atoms with Gasteiger partial charge in [-0.3, -0.25) is 0 Å². The first kappa shape index (κ1) is 50.7. The summed E-state index contributed by atoms with van der Waals surface area (Å²) in [5, 5.41) is 2.29. The number of hydrogen-bond acceptors (Lipinski definition) is 4. The van der Waals surface area contributed by atoms with Crippen molar-refractivity contribution in [3.05, 3.63) is 239 Å². The van der Waals surface area contributed by atoms with Crippen LogP contribution in [0.4, 0.5) is 51.2 Å². The van der Waals surface area contributed by atoms with Gasteiger partial charge in [-0.15, -0.1) is 0 Å². The summed E-state index contributed by atoms with van der Waals surface area (Å²) >= 11 is 0. The van der Waals surface area contributed by atoms with Crippen molar-refractivity contribution in [2.24, 2.45) is 0 Å². The summed E-state index contributed by atoms with van der Waals surface area (Å²) < 4.78 is 6.70. The fourth-order valence-electron chi connectivity index (χ4n) is 14.2. The largest absolute Gasteiger partial charge is 0.455 e. The maximum absolute atomic E-state index is 6.70. The van der Waals surface area contributed by atoms with Gasteiger partial charge in [0.1, 0.15) is 11.2 Å². The zero-order valence-corrected chi connectivity index (χ0v) is 48.8. The number of benzene rings is 10. The number of para-hydroxylation sites is 5. The second-order valence-electron chi connectivity index (χ2n) is 25.8. The van der Waals surface area contributed by atoms with Crippen LogP contribution in [0.5, 0.6) is 0 Å². The Labute approximate surface area is 479 Å². The highest BCUT2D eigenvalue weighted by molar-refractivity contribution is 7.00. The van der Waals surface area contributed by atoms with Gasteiger partial charge in [-0.25, -0.2) is 0 Å². The third kappa shape index (κ3) is 8.01. The van der Waals surface area contributed by atoms with Crippen molar-refractivity contribution in [2.75, 3.05) is 14.7 Å². The van der Waals surface area contributed by atoms with Gasteiger partial charge < -0.3 is 19.1 Å². The quantitative estimate of drug-likeness (QED) is 0.148. The fraction of sp³-hybridized carbons (Fsp3) is 0.211. The molecule has 4 nitrogen and oxygen atoms in total. The monoisotopic (exact) mass is 1050 g/mol. The lowest BCUT2D eigenvalue weighted by molar-refractivity contribution is 0.332. The van der Waals surface area contributed by atoms with Crippen LogP contribution in [0.1, 0.15) is 100 Å². The molecule has 0 amide bonds. The second-order valence-corrected chi connectivity index (χ2v) is 25.8. The molecular weight excluding hydrogens is 982 g/mol. The molecule has 81 heavy (non-hydrogen) atoms. The molecule has 0 spiro atoms. The number of hydrogen-bond donors (Lipinski definition) is 0. The number of anilines is 9. The van der Waals surface area contributed by atoms with Crippen molar-refractivity contribution in [3.63, 3.8) is 0 Å². The molecule has 1 aliphatic carbocycles. The van der Waals surface area contributed by atoms with Crippen molar-refractivity contribution in [1.82, 2.24) is 0 Å². The maximum atomic E-state index is 6.70. The minimum atomic E-state index is -0.187. The van der Waals surface area contributed by atoms with E-state index < -0.39 is 0 Å². The van der Waals surface area contributed by atoms with Gasteiger partial charge in [0.25, 0.3) is 6.71 Å². The number of nitrogens with zero attached hydrogens (tertiary/aromatic N) is 3. The van der Waals surface area contributed by atoms with Crippen molar-refractivity contribution in [2.45, 2.75) is 105 Å². The Bertz CT molecular complexity index is 4310. The first-order valence-electron chi connectivity index (χ1n) is 29.2. The number of aryl methyl sites for hydroxylation is 4. The van der Waals surface area contributed by atoms with E-state index in [1.165, 1.54) is 101 Å². The summed E-state index contributed by atoms with van der Waals surface area (Å²) in [6.07, 6.45) is 2.26. The van der Waals surface area contributed by atoms with E-state index in [9.17, 15) is 0 Å². The summed E-state index contributed by atoms with van der Waals surface area (Å²) in [6, 6.07) is 75.1. The highest BCUT2D eigenvalue weighted by atomic mass is 16.3. The second kappa shape index (κ2) is 18.5. The zero-order chi connectivity index (χ0) is 55.9. The molecule has 5 heteroatoms. The smallest absolute Gasteiger partial charge is 0.252 e. The average Bonchev–Trinajstić information content (AvgIpc) is 3.94. The first-order chi connectivity index (χ1) is 39.0. The molecule has 0 atom stereocenters. The van der Waals surface area contributed by atoms with E-state index in [4.69, 9.17) is 4.42 Å². The molecule has 0 radical (unpaired) electrons. The van der Waals surface area contributed by atoms with Crippen LogP contribution in [0, 0.1) is 27.7 Å². The van der Waals surface area contributed by atoms with Crippen LogP contribution in [0.2, 0.25) is 0 Å². The van der Waals surface area contributed by atoms with E-state index in [2.05, 4.69) is 291 Å². The Morgan fingerprint density at radius 3 is 1.69 bits per heavy atom. The van der Waals surface area contributed by atoms with Gasteiger partial charge in [-0.1, -0.05) is 182 Å². The molecule has 3 heterocycles. The molecule has 10 aromatic carbocycles.